The smallest absolute Gasteiger partial charge is 0.0351 e. The average Bonchev–Trinajstić information content (AvgIpc) is 3.31. The Hall–Kier alpha value is -1.73. The minimum absolute atomic E-state index is 0.454. The summed E-state index contributed by atoms with van der Waals surface area (Å²) in [7, 11) is 0. The van der Waals surface area contributed by atoms with Crippen LogP contribution in [0.1, 0.15) is 72.7 Å². The summed E-state index contributed by atoms with van der Waals surface area (Å²) in [5.41, 5.74) is 5.69. The molecule has 3 heterocycles. The molecule has 3 aliphatic rings. The summed E-state index contributed by atoms with van der Waals surface area (Å²) in [4.78, 5) is 6.63. The van der Waals surface area contributed by atoms with Crippen LogP contribution in [0.25, 0.3) is 0 Å². The molecule has 2 aromatic carbocycles. The van der Waals surface area contributed by atoms with Gasteiger partial charge in [-0.15, -0.1) is 11.8 Å². The van der Waals surface area contributed by atoms with Crippen LogP contribution in [0.2, 0.25) is 0 Å². The van der Waals surface area contributed by atoms with E-state index in [4.69, 9.17) is 0 Å². The molecule has 162 valence electrons. The first-order chi connectivity index (χ1) is 15.3. The highest BCUT2D eigenvalue weighted by atomic mass is 32.2. The minimum atomic E-state index is 0.454. The third-order valence-corrected chi connectivity index (χ3v) is 8.10. The number of piperidine rings is 1. The second-order valence-electron chi connectivity index (χ2n) is 9.28. The minimum Gasteiger partial charge on any atom is -0.302 e. The average molecular weight is 431 g/mol. The van der Waals surface area contributed by atoms with Crippen LogP contribution in [-0.4, -0.2) is 48.8 Å². The number of fused-ring (bicyclic) bond motifs is 3. The fourth-order valence-electron chi connectivity index (χ4n) is 5.67. The number of hydrogen-bond donors (Lipinski definition) is 0. The summed E-state index contributed by atoms with van der Waals surface area (Å²) in [6.45, 7) is 6.02. The van der Waals surface area contributed by atoms with E-state index in [0.29, 0.717) is 12.0 Å². The maximum atomic E-state index is 3.49. The molecule has 0 amide bonds. The van der Waals surface area contributed by atoms with Gasteiger partial charge in [-0.1, -0.05) is 36.5 Å². The highest BCUT2D eigenvalue weighted by molar-refractivity contribution is 7.98. The molecule has 3 aliphatic heterocycles. The van der Waals surface area contributed by atoms with Gasteiger partial charge < -0.3 is 4.90 Å². The summed E-state index contributed by atoms with van der Waals surface area (Å²) >= 11 is 1.82. The maximum absolute atomic E-state index is 3.49. The lowest BCUT2D eigenvalue weighted by Crippen LogP contribution is -2.34. The second kappa shape index (κ2) is 9.82. The zero-order valence-corrected chi connectivity index (χ0v) is 19.6. The normalized spacial score (nSPS) is 23.6. The van der Waals surface area contributed by atoms with Crippen LogP contribution in [-0.2, 0) is 0 Å². The summed E-state index contributed by atoms with van der Waals surface area (Å²) in [6, 6.07) is 16.9. The van der Waals surface area contributed by atoms with E-state index < -0.39 is 0 Å². The second-order valence-corrected chi connectivity index (χ2v) is 10.2. The Bertz CT molecular complexity index is 949. The fraction of sp³-hybridized carbons (Fsp3) is 0.500. The Morgan fingerprint density at radius 1 is 0.935 bits per heavy atom. The summed E-state index contributed by atoms with van der Waals surface area (Å²) in [5.74, 6) is 7.41. The van der Waals surface area contributed by atoms with E-state index in [2.05, 4.69) is 70.4 Å². The first kappa shape index (κ1) is 21.1. The van der Waals surface area contributed by atoms with Crippen molar-refractivity contribution >= 4 is 11.8 Å². The Kier molecular flexibility index (Phi) is 6.69. The number of hydrogen-bond acceptors (Lipinski definition) is 3. The predicted molar refractivity (Wildman–Crippen MR) is 132 cm³/mol. The molecule has 0 aromatic heterocycles. The molecule has 0 N–H and O–H groups in total. The lowest BCUT2D eigenvalue weighted by Gasteiger charge is -2.37. The van der Waals surface area contributed by atoms with Crippen LogP contribution in [0.3, 0.4) is 0 Å². The van der Waals surface area contributed by atoms with Crippen LogP contribution >= 0.6 is 11.8 Å². The molecule has 3 heteroatoms. The summed E-state index contributed by atoms with van der Waals surface area (Å²) in [6.07, 6.45) is 9.86. The third-order valence-electron chi connectivity index (χ3n) is 7.35. The van der Waals surface area contributed by atoms with E-state index in [9.17, 15) is 0 Å². The number of nitrogens with zero attached hydrogens (tertiary/aromatic N) is 2. The molecule has 2 nitrogen and oxygen atoms in total. The number of thioether (sulfide) groups is 1. The van der Waals surface area contributed by atoms with Crippen molar-refractivity contribution in [2.45, 2.75) is 55.4 Å². The van der Waals surface area contributed by atoms with Crippen molar-refractivity contribution in [3.05, 3.63) is 64.7 Å². The molecule has 2 fully saturated rings. The lowest BCUT2D eigenvalue weighted by molar-refractivity contribution is 0.230. The van der Waals surface area contributed by atoms with E-state index in [1.165, 1.54) is 73.3 Å². The molecule has 0 saturated carbocycles. The third kappa shape index (κ3) is 4.72. The molecular formula is C28H34N2S. The van der Waals surface area contributed by atoms with Gasteiger partial charge in [0, 0.05) is 41.9 Å². The van der Waals surface area contributed by atoms with Crippen molar-refractivity contribution in [2.75, 3.05) is 39.0 Å². The number of likely N-dealkylation sites (tertiary alicyclic amines) is 1. The van der Waals surface area contributed by atoms with Crippen molar-refractivity contribution < 1.29 is 0 Å². The van der Waals surface area contributed by atoms with Gasteiger partial charge in [0.2, 0.25) is 0 Å². The molecule has 31 heavy (non-hydrogen) atoms. The molecule has 2 saturated heterocycles. The fourth-order valence-corrected chi connectivity index (χ4v) is 6.08. The molecule has 2 aromatic rings. The van der Waals surface area contributed by atoms with Crippen LogP contribution in [0.4, 0.5) is 0 Å². The number of benzene rings is 2. The van der Waals surface area contributed by atoms with Crippen molar-refractivity contribution in [2.24, 2.45) is 0 Å². The summed E-state index contributed by atoms with van der Waals surface area (Å²) in [5, 5.41) is 0. The zero-order valence-electron chi connectivity index (χ0n) is 18.8. The van der Waals surface area contributed by atoms with Gasteiger partial charge in [-0.3, -0.25) is 4.90 Å². The Labute approximate surface area is 192 Å². The maximum Gasteiger partial charge on any atom is 0.0351 e. The van der Waals surface area contributed by atoms with Gasteiger partial charge in [0.15, 0.2) is 0 Å². The quantitative estimate of drug-likeness (QED) is 0.439. The molecule has 0 spiro atoms. The van der Waals surface area contributed by atoms with Crippen LogP contribution < -0.4 is 0 Å². The van der Waals surface area contributed by atoms with Gasteiger partial charge in [-0.2, -0.15) is 0 Å². The Morgan fingerprint density at radius 3 is 2.58 bits per heavy atom. The van der Waals surface area contributed by atoms with Crippen LogP contribution in [0.15, 0.2) is 47.4 Å². The predicted octanol–water partition coefficient (Wildman–Crippen LogP) is 5.92. The first-order valence-electron chi connectivity index (χ1n) is 12.0. The topological polar surface area (TPSA) is 6.48 Å². The molecule has 0 aliphatic carbocycles. The van der Waals surface area contributed by atoms with Gasteiger partial charge >= 0.3 is 0 Å². The molecule has 2 atom stereocenters. The van der Waals surface area contributed by atoms with Crippen LogP contribution in [0, 0.1) is 11.8 Å². The lowest BCUT2D eigenvalue weighted by atomic mass is 9.81. The van der Waals surface area contributed by atoms with Gasteiger partial charge in [0.05, 0.1) is 0 Å². The van der Waals surface area contributed by atoms with Crippen molar-refractivity contribution in [1.29, 1.82) is 0 Å². The van der Waals surface area contributed by atoms with Crippen molar-refractivity contribution in [3.63, 3.8) is 0 Å². The molecular weight excluding hydrogens is 396 g/mol. The van der Waals surface area contributed by atoms with E-state index in [0.717, 1.165) is 19.5 Å². The molecule has 5 rings (SSSR count). The van der Waals surface area contributed by atoms with Crippen molar-refractivity contribution in [3.8, 4) is 11.8 Å². The van der Waals surface area contributed by atoms with E-state index in [1.54, 1.807) is 5.56 Å². The Balaban J connectivity index is 1.38. The Morgan fingerprint density at radius 2 is 1.77 bits per heavy atom. The van der Waals surface area contributed by atoms with E-state index in [1.807, 2.05) is 11.8 Å². The van der Waals surface area contributed by atoms with Crippen molar-refractivity contribution in [1.82, 2.24) is 9.80 Å². The largest absolute Gasteiger partial charge is 0.302 e. The molecule has 0 bridgehead atoms. The zero-order chi connectivity index (χ0) is 21.0. The van der Waals surface area contributed by atoms with Gasteiger partial charge in [0.25, 0.3) is 0 Å². The van der Waals surface area contributed by atoms with Gasteiger partial charge in [-0.25, -0.2) is 0 Å². The van der Waals surface area contributed by atoms with Gasteiger partial charge in [-0.05, 0) is 92.5 Å². The highest BCUT2D eigenvalue weighted by Gasteiger charge is 2.36. The SMILES string of the molecule is CSc1ccc([C@@H]2CN3CCC[C@@H]3c3ccc(C#CCCN4CCCCC4)cc32)cc1. The number of rotatable bonds is 4. The standard InChI is InChI=1S/C28H34N2S/c1-31-24-13-11-23(12-14-24)27-21-30-19-7-9-28(30)25-15-10-22(20-26(25)27)8-3-6-18-29-16-4-2-5-17-29/h10-15,20,27-28H,2,4-7,9,16-19,21H2,1H3/t27-,28+/m0/s1. The first-order valence-corrected chi connectivity index (χ1v) is 13.3. The molecule has 0 unspecified atom stereocenters. The summed E-state index contributed by atoms with van der Waals surface area (Å²) < 4.78 is 0. The van der Waals surface area contributed by atoms with Gasteiger partial charge in [0.1, 0.15) is 0 Å². The van der Waals surface area contributed by atoms with E-state index >= 15 is 0 Å². The monoisotopic (exact) mass is 430 g/mol. The van der Waals surface area contributed by atoms with Crippen LogP contribution in [0.5, 0.6) is 0 Å². The molecule has 0 radical (unpaired) electrons. The highest BCUT2D eigenvalue weighted by Crippen LogP contribution is 2.44. The van der Waals surface area contributed by atoms with E-state index in [-0.39, 0.29) is 0 Å².